The fourth-order valence-corrected chi connectivity index (χ4v) is 5.89. The highest BCUT2D eigenvalue weighted by atomic mass is 32.2. The van der Waals surface area contributed by atoms with E-state index >= 15 is 0 Å². The number of nitrogens with zero attached hydrogens (tertiary/aromatic N) is 5. The summed E-state index contributed by atoms with van der Waals surface area (Å²) in [6.45, 7) is 14.0. The first-order valence-electron chi connectivity index (χ1n) is 13.4. The Morgan fingerprint density at radius 2 is 1.92 bits per heavy atom. The molecule has 0 radical (unpaired) electrons. The summed E-state index contributed by atoms with van der Waals surface area (Å²) >= 11 is 3.27. The smallest absolute Gasteiger partial charge is 0.214 e. The maximum atomic E-state index is 11.1. The lowest BCUT2D eigenvalue weighted by Gasteiger charge is -2.27. The van der Waals surface area contributed by atoms with Gasteiger partial charge in [-0.15, -0.1) is 23.1 Å². The first-order valence-corrected chi connectivity index (χ1v) is 15.3. The average Bonchev–Trinajstić information content (AvgIpc) is 3.31. The highest BCUT2D eigenvalue weighted by Gasteiger charge is 2.11. The summed E-state index contributed by atoms with van der Waals surface area (Å²) < 4.78 is 0. The zero-order valence-electron chi connectivity index (χ0n) is 23.3. The van der Waals surface area contributed by atoms with Crippen molar-refractivity contribution in [2.24, 2.45) is 4.99 Å². The van der Waals surface area contributed by atoms with Gasteiger partial charge >= 0.3 is 0 Å². The van der Waals surface area contributed by atoms with Crippen molar-refractivity contribution >= 4 is 53.4 Å². The Hall–Kier alpha value is -3.01. The third-order valence-electron chi connectivity index (χ3n) is 6.29. The number of thiazole rings is 1. The van der Waals surface area contributed by atoms with Gasteiger partial charge in [0.1, 0.15) is 5.82 Å². The van der Waals surface area contributed by atoms with E-state index in [1.165, 1.54) is 32.4 Å². The summed E-state index contributed by atoms with van der Waals surface area (Å²) in [5.41, 5.74) is 4.03. The second kappa shape index (κ2) is 16.8. The van der Waals surface area contributed by atoms with Crippen molar-refractivity contribution in [3.63, 3.8) is 0 Å². The molecule has 208 valence electrons. The van der Waals surface area contributed by atoms with Crippen molar-refractivity contribution in [2.45, 2.75) is 46.5 Å². The van der Waals surface area contributed by atoms with Gasteiger partial charge in [0, 0.05) is 18.4 Å². The van der Waals surface area contributed by atoms with E-state index in [4.69, 9.17) is 0 Å². The molecule has 1 saturated heterocycles. The molecular formula is C30H40N6OS2. The number of hydrogen-bond acceptors (Lipinski definition) is 8. The monoisotopic (exact) mass is 564 g/mol. The topological polar surface area (TPSA) is 73.7 Å². The third kappa shape index (κ3) is 10.6. The lowest BCUT2D eigenvalue weighted by molar-refractivity contribution is -0.107. The van der Waals surface area contributed by atoms with E-state index in [0.717, 1.165) is 70.1 Å². The zero-order chi connectivity index (χ0) is 27.9. The van der Waals surface area contributed by atoms with Crippen molar-refractivity contribution in [1.82, 2.24) is 14.9 Å². The lowest BCUT2D eigenvalue weighted by Crippen LogP contribution is -2.33. The standard InChI is InChI=1S/C15H18N4S2.C15H22N2O/c1-10-5-6-14(17-7-10)18-9-20-8-13(16-4)15-11(2)19-12(3)21-15;18-14-17(15-8-3-1-4-9-15)13-7-12-16-10-5-2-6-11-16/h5-8H,4,9H2,1-3H3,(H,17,18);1,3-4,8-9,14H,2,5-7,10-13H2/b13-8-;. The number of para-hydroxylation sites is 1. The van der Waals surface area contributed by atoms with Gasteiger partial charge < -0.3 is 15.1 Å². The Bertz CT molecular complexity index is 1170. The van der Waals surface area contributed by atoms with Gasteiger partial charge in [-0.2, -0.15) is 0 Å². The number of hydrogen-bond donors (Lipinski definition) is 1. The number of aromatic nitrogens is 2. The number of rotatable bonds is 12. The Morgan fingerprint density at radius 1 is 1.15 bits per heavy atom. The van der Waals surface area contributed by atoms with Crippen molar-refractivity contribution in [3.8, 4) is 0 Å². The van der Waals surface area contributed by atoms with E-state index in [-0.39, 0.29) is 0 Å². The van der Waals surface area contributed by atoms with Crippen LogP contribution in [-0.4, -0.2) is 60.1 Å². The molecule has 1 aliphatic rings. The molecule has 1 fully saturated rings. The van der Waals surface area contributed by atoms with Crippen LogP contribution in [0.2, 0.25) is 0 Å². The maximum Gasteiger partial charge on any atom is 0.214 e. The molecule has 0 aliphatic carbocycles. The van der Waals surface area contributed by atoms with E-state index < -0.39 is 0 Å². The van der Waals surface area contributed by atoms with Crippen LogP contribution in [0.1, 0.15) is 46.8 Å². The van der Waals surface area contributed by atoms with Gasteiger partial charge in [-0.05, 0) is 95.6 Å². The summed E-state index contributed by atoms with van der Waals surface area (Å²) in [5, 5.41) is 6.31. The molecule has 7 nitrogen and oxygen atoms in total. The normalized spacial score (nSPS) is 13.8. The van der Waals surface area contributed by atoms with Crippen molar-refractivity contribution in [3.05, 3.63) is 75.2 Å². The number of aliphatic imine (C=N–C) groups is 1. The summed E-state index contributed by atoms with van der Waals surface area (Å²) in [4.78, 5) is 29.3. The molecule has 1 amide bonds. The second-order valence-corrected chi connectivity index (χ2v) is 11.5. The number of anilines is 2. The fraction of sp³-hybridized carbons (Fsp3) is 0.400. The van der Waals surface area contributed by atoms with Crippen LogP contribution in [0, 0.1) is 20.8 Å². The Morgan fingerprint density at radius 3 is 2.54 bits per heavy atom. The van der Waals surface area contributed by atoms with Gasteiger partial charge in [0.05, 0.1) is 27.2 Å². The number of carbonyl (C=O) groups is 1. The van der Waals surface area contributed by atoms with Crippen LogP contribution in [0.3, 0.4) is 0 Å². The maximum absolute atomic E-state index is 11.1. The molecule has 9 heteroatoms. The molecular weight excluding hydrogens is 525 g/mol. The van der Waals surface area contributed by atoms with E-state index in [9.17, 15) is 4.79 Å². The molecule has 4 rings (SSSR count). The third-order valence-corrected chi connectivity index (χ3v) is 8.08. The summed E-state index contributed by atoms with van der Waals surface area (Å²) in [6.07, 6.45) is 7.87. The highest BCUT2D eigenvalue weighted by Crippen LogP contribution is 2.28. The van der Waals surface area contributed by atoms with Gasteiger partial charge in [-0.3, -0.25) is 9.79 Å². The van der Waals surface area contributed by atoms with Crippen LogP contribution in [0.25, 0.3) is 5.70 Å². The van der Waals surface area contributed by atoms with Gasteiger partial charge in [0.25, 0.3) is 0 Å². The van der Waals surface area contributed by atoms with Crippen LogP contribution >= 0.6 is 23.1 Å². The van der Waals surface area contributed by atoms with E-state index in [2.05, 4.69) is 31.9 Å². The van der Waals surface area contributed by atoms with Gasteiger partial charge in [-0.1, -0.05) is 30.7 Å². The Balaban J connectivity index is 0.000000218. The molecule has 2 aromatic heterocycles. The molecule has 0 atom stereocenters. The van der Waals surface area contributed by atoms with Crippen LogP contribution in [0.4, 0.5) is 11.5 Å². The van der Waals surface area contributed by atoms with Crippen molar-refractivity contribution in [1.29, 1.82) is 0 Å². The fourth-order valence-electron chi connectivity index (χ4n) is 4.25. The average molecular weight is 565 g/mol. The minimum absolute atomic E-state index is 0.728. The zero-order valence-corrected chi connectivity index (χ0v) is 24.9. The van der Waals surface area contributed by atoms with Crippen LogP contribution in [0.15, 0.2) is 59.1 Å². The summed E-state index contributed by atoms with van der Waals surface area (Å²) in [7, 11) is 0. The lowest BCUT2D eigenvalue weighted by atomic mass is 10.1. The van der Waals surface area contributed by atoms with Crippen molar-refractivity contribution in [2.75, 3.05) is 42.3 Å². The van der Waals surface area contributed by atoms with Gasteiger partial charge in [-0.25, -0.2) is 9.97 Å². The number of amides is 1. The molecule has 3 heterocycles. The van der Waals surface area contributed by atoms with Crippen LogP contribution in [-0.2, 0) is 4.79 Å². The van der Waals surface area contributed by atoms with Crippen LogP contribution in [0.5, 0.6) is 0 Å². The molecule has 3 aromatic rings. The predicted molar refractivity (Wildman–Crippen MR) is 169 cm³/mol. The Kier molecular flexibility index (Phi) is 13.2. The molecule has 1 N–H and O–H groups in total. The Labute approximate surface area is 241 Å². The molecule has 0 unspecified atom stereocenters. The first kappa shape index (κ1) is 30.5. The quantitative estimate of drug-likeness (QED) is 0.113. The summed E-state index contributed by atoms with van der Waals surface area (Å²) in [6, 6.07) is 13.9. The number of likely N-dealkylation sites (tertiary alicyclic amines) is 1. The molecule has 0 bridgehead atoms. The minimum Gasteiger partial charge on any atom is -0.361 e. The number of aryl methyl sites for hydroxylation is 3. The first-order chi connectivity index (χ1) is 19.0. The molecule has 0 saturated carbocycles. The van der Waals surface area contributed by atoms with E-state index in [0.29, 0.717) is 0 Å². The number of carbonyl (C=O) groups excluding carboxylic acids is 1. The second-order valence-electron chi connectivity index (χ2n) is 9.41. The van der Waals surface area contributed by atoms with E-state index in [1.807, 2.05) is 74.8 Å². The molecule has 1 aliphatic heterocycles. The van der Waals surface area contributed by atoms with Gasteiger partial charge in [0.2, 0.25) is 6.41 Å². The number of nitrogens with one attached hydrogen (secondary N) is 1. The van der Waals surface area contributed by atoms with E-state index in [1.54, 1.807) is 28.0 Å². The molecule has 39 heavy (non-hydrogen) atoms. The minimum atomic E-state index is 0.728. The predicted octanol–water partition coefficient (Wildman–Crippen LogP) is 6.79. The highest BCUT2D eigenvalue weighted by molar-refractivity contribution is 8.02. The SMILES string of the molecule is C=N/C(=C\SCNc1ccc(C)cn1)c1sc(C)nc1C.O=CN(CCCN1CCCCC1)c1ccccc1. The largest absolute Gasteiger partial charge is 0.361 e. The van der Waals surface area contributed by atoms with Crippen molar-refractivity contribution < 1.29 is 4.79 Å². The number of thioether (sulfide) groups is 1. The van der Waals surface area contributed by atoms with Gasteiger partial charge in [0.15, 0.2) is 0 Å². The molecule has 1 aromatic carbocycles. The summed E-state index contributed by atoms with van der Waals surface area (Å²) in [5.74, 6) is 1.60. The van der Waals surface area contributed by atoms with Crippen LogP contribution < -0.4 is 10.2 Å². The number of benzene rings is 1. The molecule has 0 spiro atoms. The number of pyridine rings is 1. The number of piperidine rings is 1.